The Kier molecular flexibility index (Phi) is 8.19. The molecule has 3 aromatic rings. The molecule has 0 spiro atoms. The van der Waals surface area contributed by atoms with Crippen LogP contribution in [0.4, 0.5) is 16.0 Å². The smallest absolute Gasteiger partial charge is 0.254 e. The molecule has 0 radical (unpaired) electrons. The second kappa shape index (κ2) is 12.4. The molecule has 2 aliphatic heterocycles. The number of hydrogen-bond acceptors (Lipinski definition) is 7. The van der Waals surface area contributed by atoms with E-state index in [1.165, 1.54) is 57.1 Å². The summed E-state index contributed by atoms with van der Waals surface area (Å²) in [7, 11) is 1.74. The fraction of sp³-hybridized carbons (Fsp3) is 0.571. The third kappa shape index (κ3) is 5.55. The van der Waals surface area contributed by atoms with Gasteiger partial charge in [-0.3, -0.25) is 9.48 Å². The minimum atomic E-state index is -0.389. The first-order valence-corrected chi connectivity index (χ1v) is 16.9. The number of hydrogen-bond donors (Lipinski definition) is 1. The zero-order valence-corrected chi connectivity index (χ0v) is 26.2. The van der Waals surface area contributed by atoms with Crippen LogP contribution in [0.2, 0.25) is 0 Å². The van der Waals surface area contributed by atoms with Gasteiger partial charge in [-0.05, 0) is 67.7 Å². The summed E-state index contributed by atoms with van der Waals surface area (Å²) in [6, 6.07) is 6.69. The average Bonchev–Trinajstić information content (AvgIpc) is 3.44. The van der Waals surface area contributed by atoms with Gasteiger partial charge in [0, 0.05) is 19.2 Å². The SMILES string of the molecule is CN1Cc2nn(C3CCCC(C4CCCCCC4)CC3)c(C#N)c2-c2cnc(N)c(n2)N2CCC[C@@H]2c2cc(F)ccc2C1=O. The molecule has 3 atom stereocenters. The van der Waals surface area contributed by atoms with E-state index in [1.54, 1.807) is 24.2 Å². The fourth-order valence-corrected chi connectivity index (χ4v) is 8.61. The van der Waals surface area contributed by atoms with Crippen LogP contribution in [0.3, 0.4) is 0 Å². The lowest BCUT2D eigenvalue weighted by atomic mass is 9.81. The van der Waals surface area contributed by atoms with Gasteiger partial charge in [-0.2, -0.15) is 10.4 Å². The molecule has 1 amide bonds. The molecular formula is C35H43FN8O. The molecule has 1 saturated heterocycles. The van der Waals surface area contributed by atoms with Gasteiger partial charge in [0.05, 0.1) is 41.8 Å². The van der Waals surface area contributed by atoms with Crippen LogP contribution >= 0.6 is 0 Å². The molecule has 4 aliphatic rings. The maximum atomic E-state index is 14.6. The standard InChI is InChI=1S/C35H43FN8O/c1-42-21-29-32(31(19-37)44(41-29)25-11-6-10-23(13-15-25)22-8-4-2-3-5-9-22)28-20-39-33(38)34(40-28)43-17-7-12-30(43)27-18-24(36)14-16-26(27)35(42)45/h14,16,18,20,22-23,25,30H,2-13,15,17,21H2,1H3,(H2,38,39)/t23?,25?,30-/m1/s1. The van der Waals surface area contributed by atoms with Crippen LogP contribution in [0.1, 0.15) is 123 Å². The van der Waals surface area contributed by atoms with Crippen molar-refractivity contribution in [1.82, 2.24) is 24.6 Å². The number of halogens is 1. The van der Waals surface area contributed by atoms with Gasteiger partial charge in [0.1, 0.15) is 17.6 Å². The summed E-state index contributed by atoms with van der Waals surface area (Å²) in [5.41, 5.74) is 9.73. The van der Waals surface area contributed by atoms with Crippen molar-refractivity contribution in [1.29, 1.82) is 5.26 Å². The van der Waals surface area contributed by atoms with Crippen molar-refractivity contribution in [3.63, 3.8) is 0 Å². The molecule has 2 N–H and O–H groups in total. The van der Waals surface area contributed by atoms with Crippen molar-refractivity contribution < 1.29 is 9.18 Å². The summed E-state index contributed by atoms with van der Waals surface area (Å²) < 4.78 is 16.6. The Bertz CT molecular complexity index is 1620. The Balaban J connectivity index is 1.31. The summed E-state index contributed by atoms with van der Waals surface area (Å²) >= 11 is 0. The van der Waals surface area contributed by atoms with Gasteiger partial charge in [-0.25, -0.2) is 14.4 Å². The van der Waals surface area contributed by atoms with Gasteiger partial charge in [-0.1, -0.05) is 51.4 Å². The molecule has 1 aromatic carbocycles. The summed E-state index contributed by atoms with van der Waals surface area (Å²) in [5.74, 6) is 1.72. The lowest BCUT2D eigenvalue weighted by Crippen LogP contribution is -2.31. The Morgan fingerprint density at radius 3 is 2.56 bits per heavy atom. The first-order valence-electron chi connectivity index (χ1n) is 16.9. The van der Waals surface area contributed by atoms with Gasteiger partial charge >= 0.3 is 0 Å². The number of rotatable bonds is 2. The second-order valence-electron chi connectivity index (χ2n) is 13.6. The Morgan fingerprint density at radius 1 is 0.978 bits per heavy atom. The van der Waals surface area contributed by atoms with E-state index < -0.39 is 0 Å². The van der Waals surface area contributed by atoms with Crippen molar-refractivity contribution in [2.24, 2.45) is 11.8 Å². The molecule has 2 aromatic heterocycles. The molecule has 4 heterocycles. The van der Waals surface area contributed by atoms with Crippen LogP contribution in [0.25, 0.3) is 11.3 Å². The maximum Gasteiger partial charge on any atom is 0.254 e. The van der Waals surface area contributed by atoms with E-state index in [4.69, 9.17) is 15.8 Å². The predicted octanol–water partition coefficient (Wildman–Crippen LogP) is 6.95. The van der Waals surface area contributed by atoms with E-state index in [-0.39, 0.29) is 36.2 Å². The number of amides is 1. The Morgan fingerprint density at radius 2 is 1.76 bits per heavy atom. The van der Waals surface area contributed by atoms with Crippen LogP contribution in [0, 0.1) is 29.0 Å². The van der Waals surface area contributed by atoms with Crippen LogP contribution in [0.5, 0.6) is 0 Å². The number of nitriles is 1. The zero-order valence-electron chi connectivity index (χ0n) is 26.2. The highest BCUT2D eigenvalue weighted by Gasteiger charge is 2.36. The number of aromatic nitrogens is 4. The van der Waals surface area contributed by atoms with Gasteiger partial charge < -0.3 is 15.5 Å². The molecule has 236 valence electrons. The number of benzene rings is 1. The summed E-state index contributed by atoms with van der Waals surface area (Å²) in [6.45, 7) is 0.828. The van der Waals surface area contributed by atoms with Crippen molar-refractivity contribution >= 4 is 17.5 Å². The molecule has 3 fully saturated rings. The molecule has 2 aliphatic carbocycles. The Labute approximate surface area is 264 Å². The largest absolute Gasteiger partial charge is 0.381 e. The summed E-state index contributed by atoms with van der Waals surface area (Å²) in [6.07, 6.45) is 16.8. The number of carbonyl (C=O) groups excluding carboxylic acids is 1. The maximum absolute atomic E-state index is 14.6. The third-order valence-corrected chi connectivity index (χ3v) is 10.9. The van der Waals surface area contributed by atoms with Crippen LogP contribution < -0.4 is 10.6 Å². The molecule has 2 saturated carbocycles. The summed E-state index contributed by atoms with van der Waals surface area (Å²) in [5, 5.41) is 15.7. The lowest BCUT2D eigenvalue weighted by molar-refractivity contribution is 0.0781. The van der Waals surface area contributed by atoms with Crippen LogP contribution in [-0.4, -0.2) is 44.1 Å². The van der Waals surface area contributed by atoms with Crippen molar-refractivity contribution in [3.05, 3.63) is 52.7 Å². The minimum absolute atomic E-state index is 0.104. The molecule has 2 bridgehead atoms. The topological polar surface area (TPSA) is 117 Å². The van der Waals surface area contributed by atoms with Gasteiger partial charge in [0.15, 0.2) is 11.6 Å². The highest BCUT2D eigenvalue weighted by atomic mass is 19.1. The van der Waals surface area contributed by atoms with E-state index in [0.717, 1.165) is 50.4 Å². The first-order chi connectivity index (χ1) is 21.9. The number of nitrogens with two attached hydrogens (primary N) is 1. The molecule has 9 nitrogen and oxygen atoms in total. The molecule has 2 unspecified atom stereocenters. The summed E-state index contributed by atoms with van der Waals surface area (Å²) in [4.78, 5) is 27.2. The highest BCUT2D eigenvalue weighted by Crippen LogP contribution is 2.43. The highest BCUT2D eigenvalue weighted by molar-refractivity contribution is 5.96. The van der Waals surface area contributed by atoms with E-state index in [1.807, 2.05) is 9.58 Å². The number of carbonyl (C=O) groups is 1. The van der Waals surface area contributed by atoms with Crippen molar-refractivity contribution in [2.75, 3.05) is 24.2 Å². The van der Waals surface area contributed by atoms with E-state index in [0.29, 0.717) is 46.1 Å². The van der Waals surface area contributed by atoms with Gasteiger partial charge in [-0.15, -0.1) is 0 Å². The van der Waals surface area contributed by atoms with Gasteiger partial charge in [0.2, 0.25) is 0 Å². The second-order valence-corrected chi connectivity index (χ2v) is 13.6. The normalized spacial score (nSPS) is 24.4. The minimum Gasteiger partial charge on any atom is -0.381 e. The average molecular weight is 611 g/mol. The number of anilines is 2. The predicted molar refractivity (Wildman–Crippen MR) is 171 cm³/mol. The number of nitrogens with zero attached hydrogens (tertiary/aromatic N) is 7. The fourth-order valence-electron chi connectivity index (χ4n) is 8.61. The van der Waals surface area contributed by atoms with E-state index in [9.17, 15) is 14.4 Å². The third-order valence-electron chi connectivity index (χ3n) is 10.9. The van der Waals surface area contributed by atoms with Crippen molar-refractivity contribution in [3.8, 4) is 17.3 Å². The molecule has 45 heavy (non-hydrogen) atoms. The van der Waals surface area contributed by atoms with Crippen LogP contribution in [0.15, 0.2) is 24.4 Å². The molecule has 7 rings (SSSR count). The number of nitrogen functional groups attached to an aromatic ring is 1. The first kappa shape index (κ1) is 29.7. The number of fused-ring (bicyclic) bond motifs is 8. The quantitative estimate of drug-likeness (QED) is 0.312. The lowest BCUT2D eigenvalue weighted by Gasteiger charge is -2.30. The van der Waals surface area contributed by atoms with Gasteiger partial charge in [0.25, 0.3) is 5.91 Å². The molecular weight excluding hydrogens is 567 g/mol. The molecule has 10 heteroatoms. The van der Waals surface area contributed by atoms with Crippen molar-refractivity contribution in [2.45, 2.75) is 102 Å². The monoisotopic (exact) mass is 610 g/mol. The van der Waals surface area contributed by atoms with Crippen LogP contribution in [-0.2, 0) is 6.54 Å². The van der Waals surface area contributed by atoms with E-state index in [2.05, 4.69) is 11.1 Å². The van der Waals surface area contributed by atoms with E-state index >= 15 is 0 Å². The zero-order chi connectivity index (χ0) is 31.1. The Hall–Kier alpha value is -4.00.